The number of carbonyl (C=O) groups excluding carboxylic acids is 4. The van der Waals surface area contributed by atoms with E-state index in [9.17, 15) is 19.2 Å². The van der Waals surface area contributed by atoms with E-state index in [2.05, 4.69) is 16.0 Å². The summed E-state index contributed by atoms with van der Waals surface area (Å²) in [6, 6.07) is 10.0. The molecule has 5 rings (SSSR count). The molecule has 0 aromatic heterocycles. The molecular weight excluding hydrogens is 438 g/mol. The van der Waals surface area contributed by atoms with Gasteiger partial charge in [0.05, 0.1) is 13.7 Å². The lowest BCUT2D eigenvalue weighted by atomic mass is 9.96. The van der Waals surface area contributed by atoms with E-state index in [1.54, 1.807) is 42.3 Å². The van der Waals surface area contributed by atoms with Crippen molar-refractivity contribution in [1.29, 1.82) is 0 Å². The number of benzene rings is 2. The monoisotopic (exact) mass is 461 g/mol. The number of hydrogen-bond donors (Lipinski definition) is 3. The van der Waals surface area contributed by atoms with Gasteiger partial charge in [-0.25, -0.2) is 9.59 Å². The first-order chi connectivity index (χ1) is 16.3. The third-order valence-corrected chi connectivity index (χ3v) is 6.29. The SMILES string of the molecule is COc1ccc2c(c1)C(=O)N(C[C@@]1(C=Cc3ccc4c(c3)CN(C)C(=O)N4)NC(=O)NC1=O)C2. The number of carbonyl (C=O) groups is 4. The van der Waals surface area contributed by atoms with E-state index in [0.29, 0.717) is 24.4 Å². The molecule has 0 radical (unpaired) electrons. The average molecular weight is 461 g/mol. The lowest BCUT2D eigenvalue weighted by Gasteiger charge is -2.28. The van der Waals surface area contributed by atoms with Gasteiger partial charge in [-0.1, -0.05) is 18.2 Å². The zero-order chi connectivity index (χ0) is 24.0. The molecule has 2 aromatic carbocycles. The van der Waals surface area contributed by atoms with Crippen molar-refractivity contribution in [3.63, 3.8) is 0 Å². The maximum atomic E-state index is 13.0. The standard InChI is InChI=1S/C24H23N5O5/c1-28-11-16-9-14(3-6-19(16)25-23(28)33)7-8-24(21(31)26-22(32)27-24)13-29-12-15-4-5-17(34-2)10-18(15)20(29)30/h3-10H,11-13H2,1-2H3,(H,25,33)(H2,26,27,31,32)/t24-/m1/s1. The van der Waals surface area contributed by atoms with Crippen LogP contribution in [0.4, 0.5) is 15.3 Å². The number of anilines is 1. The van der Waals surface area contributed by atoms with Crippen molar-refractivity contribution in [2.75, 3.05) is 26.0 Å². The number of nitrogens with one attached hydrogen (secondary N) is 3. The van der Waals surface area contributed by atoms with Crippen LogP contribution in [-0.4, -0.2) is 59.9 Å². The molecule has 10 heteroatoms. The second-order valence-electron chi connectivity index (χ2n) is 8.60. The van der Waals surface area contributed by atoms with Gasteiger partial charge in [0.1, 0.15) is 5.75 Å². The van der Waals surface area contributed by atoms with Crippen molar-refractivity contribution in [3.8, 4) is 5.75 Å². The van der Waals surface area contributed by atoms with Gasteiger partial charge in [-0.05, 0) is 47.0 Å². The summed E-state index contributed by atoms with van der Waals surface area (Å²) in [5.41, 5.74) is 2.38. The Morgan fingerprint density at radius 1 is 1.03 bits per heavy atom. The highest BCUT2D eigenvalue weighted by molar-refractivity contribution is 6.09. The lowest BCUT2D eigenvalue weighted by molar-refractivity contribution is -0.122. The van der Waals surface area contributed by atoms with Gasteiger partial charge in [0.2, 0.25) is 0 Å². The van der Waals surface area contributed by atoms with E-state index >= 15 is 0 Å². The maximum Gasteiger partial charge on any atom is 0.322 e. The molecule has 6 amide bonds. The van der Waals surface area contributed by atoms with Crippen molar-refractivity contribution in [2.24, 2.45) is 0 Å². The fourth-order valence-corrected chi connectivity index (χ4v) is 4.43. The quantitative estimate of drug-likeness (QED) is 0.588. The Kier molecular flexibility index (Phi) is 5.00. The minimum absolute atomic E-state index is 0.0271. The zero-order valence-corrected chi connectivity index (χ0v) is 18.7. The van der Waals surface area contributed by atoms with Gasteiger partial charge >= 0.3 is 12.1 Å². The zero-order valence-electron chi connectivity index (χ0n) is 18.7. The predicted molar refractivity (Wildman–Crippen MR) is 123 cm³/mol. The molecule has 0 saturated carbocycles. The van der Waals surface area contributed by atoms with E-state index in [1.807, 2.05) is 18.2 Å². The number of nitrogens with zero attached hydrogens (tertiary/aromatic N) is 2. The Balaban J connectivity index is 1.42. The summed E-state index contributed by atoms with van der Waals surface area (Å²) in [6.07, 6.45) is 3.34. The first kappa shape index (κ1) is 21.5. The summed E-state index contributed by atoms with van der Waals surface area (Å²) in [5, 5.41) is 7.78. The van der Waals surface area contributed by atoms with Crippen LogP contribution in [-0.2, 0) is 17.9 Å². The number of methoxy groups -OCH3 is 1. The molecule has 3 aliphatic rings. The van der Waals surface area contributed by atoms with Crippen LogP contribution < -0.4 is 20.7 Å². The van der Waals surface area contributed by atoms with Crippen LogP contribution in [0.3, 0.4) is 0 Å². The Labute approximate surface area is 195 Å². The number of fused-ring (bicyclic) bond motifs is 2. The smallest absolute Gasteiger partial charge is 0.322 e. The first-order valence-electron chi connectivity index (χ1n) is 10.7. The molecule has 0 unspecified atom stereocenters. The lowest BCUT2D eigenvalue weighted by Crippen LogP contribution is -2.53. The molecule has 3 N–H and O–H groups in total. The molecular formula is C24H23N5O5. The second kappa shape index (κ2) is 7.91. The molecule has 1 atom stereocenters. The summed E-state index contributed by atoms with van der Waals surface area (Å²) < 4.78 is 5.22. The minimum atomic E-state index is -1.42. The highest BCUT2D eigenvalue weighted by Crippen LogP contribution is 2.30. The van der Waals surface area contributed by atoms with Crippen LogP contribution >= 0.6 is 0 Å². The molecule has 2 aromatic rings. The number of amides is 6. The highest BCUT2D eigenvalue weighted by Gasteiger charge is 2.47. The minimum Gasteiger partial charge on any atom is -0.497 e. The molecule has 34 heavy (non-hydrogen) atoms. The third kappa shape index (κ3) is 3.62. The van der Waals surface area contributed by atoms with E-state index in [4.69, 9.17) is 4.74 Å². The molecule has 1 saturated heterocycles. The summed E-state index contributed by atoms with van der Waals surface area (Å²) in [5.74, 6) is -0.187. The third-order valence-electron chi connectivity index (χ3n) is 6.29. The topological polar surface area (TPSA) is 120 Å². The first-order valence-corrected chi connectivity index (χ1v) is 10.7. The Morgan fingerprint density at radius 2 is 1.85 bits per heavy atom. The summed E-state index contributed by atoms with van der Waals surface area (Å²) in [4.78, 5) is 52.9. The van der Waals surface area contributed by atoms with Crippen LogP contribution in [0.25, 0.3) is 6.08 Å². The molecule has 10 nitrogen and oxygen atoms in total. The van der Waals surface area contributed by atoms with Crippen LogP contribution in [0.1, 0.15) is 27.0 Å². The van der Waals surface area contributed by atoms with Gasteiger partial charge in [-0.2, -0.15) is 0 Å². The summed E-state index contributed by atoms with van der Waals surface area (Å²) in [6.45, 7) is 0.748. The molecule has 0 bridgehead atoms. The molecule has 1 fully saturated rings. The van der Waals surface area contributed by atoms with Crippen LogP contribution in [0.15, 0.2) is 42.5 Å². The van der Waals surface area contributed by atoms with Gasteiger partial charge in [-0.15, -0.1) is 0 Å². The van der Waals surface area contributed by atoms with Crippen molar-refractivity contribution in [3.05, 3.63) is 64.7 Å². The van der Waals surface area contributed by atoms with Crippen molar-refractivity contribution < 1.29 is 23.9 Å². The molecule has 0 aliphatic carbocycles. The van der Waals surface area contributed by atoms with Gasteiger partial charge < -0.3 is 25.2 Å². The Hall–Kier alpha value is -4.34. The Morgan fingerprint density at radius 3 is 2.59 bits per heavy atom. The number of rotatable bonds is 5. The van der Waals surface area contributed by atoms with E-state index in [-0.39, 0.29) is 18.5 Å². The number of imide groups is 1. The van der Waals surface area contributed by atoms with Crippen LogP contribution in [0.2, 0.25) is 0 Å². The summed E-state index contributed by atoms with van der Waals surface area (Å²) in [7, 11) is 3.23. The second-order valence-corrected chi connectivity index (χ2v) is 8.60. The van der Waals surface area contributed by atoms with Crippen molar-refractivity contribution in [2.45, 2.75) is 18.6 Å². The van der Waals surface area contributed by atoms with Gasteiger partial charge in [0, 0.05) is 31.4 Å². The molecule has 3 heterocycles. The number of hydrogen-bond acceptors (Lipinski definition) is 5. The molecule has 174 valence electrons. The summed E-state index contributed by atoms with van der Waals surface area (Å²) >= 11 is 0. The largest absolute Gasteiger partial charge is 0.497 e. The van der Waals surface area contributed by atoms with Gasteiger partial charge in [0.15, 0.2) is 5.54 Å². The van der Waals surface area contributed by atoms with Gasteiger partial charge in [-0.3, -0.25) is 14.9 Å². The molecule has 3 aliphatic heterocycles. The van der Waals surface area contributed by atoms with E-state index in [0.717, 1.165) is 22.4 Å². The van der Waals surface area contributed by atoms with Crippen molar-refractivity contribution in [1.82, 2.24) is 20.4 Å². The van der Waals surface area contributed by atoms with Crippen LogP contribution in [0.5, 0.6) is 5.75 Å². The number of urea groups is 2. The van der Waals surface area contributed by atoms with Crippen molar-refractivity contribution >= 4 is 35.6 Å². The fourth-order valence-electron chi connectivity index (χ4n) is 4.43. The average Bonchev–Trinajstić information content (AvgIpc) is 3.27. The number of ether oxygens (including phenoxy) is 1. The van der Waals surface area contributed by atoms with Crippen LogP contribution in [0, 0.1) is 0 Å². The van der Waals surface area contributed by atoms with Gasteiger partial charge in [0.25, 0.3) is 11.8 Å². The molecule has 0 spiro atoms. The predicted octanol–water partition coefficient (Wildman–Crippen LogP) is 1.92. The Bertz CT molecular complexity index is 1270. The van der Waals surface area contributed by atoms with E-state index in [1.165, 1.54) is 12.0 Å². The maximum absolute atomic E-state index is 13.0. The normalized spacial score (nSPS) is 21.4. The van der Waals surface area contributed by atoms with E-state index < -0.39 is 17.5 Å². The highest BCUT2D eigenvalue weighted by atomic mass is 16.5. The fraction of sp³-hybridized carbons (Fsp3) is 0.250.